The molecule has 1 saturated heterocycles. The van der Waals surface area contributed by atoms with E-state index in [2.05, 4.69) is 34.7 Å². The Kier molecular flexibility index (Phi) is 7.50. The molecule has 3 heterocycles. The van der Waals surface area contributed by atoms with E-state index in [1.807, 2.05) is 13.0 Å². The minimum atomic E-state index is -3.35. The van der Waals surface area contributed by atoms with Gasteiger partial charge in [0.1, 0.15) is 4.21 Å². The van der Waals surface area contributed by atoms with E-state index in [4.69, 9.17) is 0 Å². The van der Waals surface area contributed by atoms with Gasteiger partial charge >= 0.3 is 0 Å². The van der Waals surface area contributed by atoms with Gasteiger partial charge in [-0.1, -0.05) is 6.42 Å². The third-order valence-electron chi connectivity index (χ3n) is 4.51. The molecule has 0 atom stereocenters. The van der Waals surface area contributed by atoms with Crippen LogP contribution in [0, 0.1) is 6.92 Å². The van der Waals surface area contributed by atoms with Crippen LogP contribution < -0.4 is 10.6 Å². The first-order chi connectivity index (χ1) is 13.5. The van der Waals surface area contributed by atoms with Crippen LogP contribution in [0.4, 0.5) is 0 Å². The molecule has 1 fully saturated rings. The summed E-state index contributed by atoms with van der Waals surface area (Å²) >= 11 is 3.09. The zero-order valence-corrected chi connectivity index (χ0v) is 18.9. The summed E-state index contributed by atoms with van der Waals surface area (Å²) in [5, 5.41) is 6.54. The lowest BCUT2D eigenvalue weighted by molar-refractivity contribution is 0.347. The van der Waals surface area contributed by atoms with Crippen molar-refractivity contribution in [3.8, 4) is 0 Å². The number of rotatable bonds is 7. The highest BCUT2D eigenvalue weighted by Crippen LogP contribution is 2.27. The third kappa shape index (κ3) is 5.56. The number of nitrogens with one attached hydrogen (secondary N) is 2. The number of hydrogen-bond acceptors (Lipinski definition) is 5. The summed E-state index contributed by atoms with van der Waals surface area (Å²) in [5.41, 5.74) is 0. The van der Waals surface area contributed by atoms with Crippen molar-refractivity contribution >= 4 is 38.7 Å². The minimum absolute atomic E-state index is 0.433. The molecule has 0 bridgehead atoms. The Hall–Kier alpha value is -1.42. The largest absolute Gasteiger partial charge is 0.357 e. The zero-order chi connectivity index (χ0) is 20.0. The highest BCUT2D eigenvalue weighted by molar-refractivity contribution is 7.91. The second kappa shape index (κ2) is 9.87. The number of guanidine groups is 1. The number of aliphatic imine (C=N–C) groups is 1. The number of aryl methyl sites for hydroxylation is 1. The molecule has 3 rings (SSSR count). The molecular weight excluding hydrogens is 412 g/mol. The average Bonchev–Trinajstić information content (AvgIpc) is 3.34. The fraction of sp³-hybridized carbons (Fsp3) is 0.526. The molecule has 0 spiro atoms. The van der Waals surface area contributed by atoms with Gasteiger partial charge in [-0.2, -0.15) is 4.31 Å². The van der Waals surface area contributed by atoms with Crippen LogP contribution in [0.2, 0.25) is 0 Å². The van der Waals surface area contributed by atoms with Crippen molar-refractivity contribution in [1.82, 2.24) is 14.9 Å². The maximum Gasteiger partial charge on any atom is 0.252 e. The molecule has 2 aromatic heterocycles. The Bertz CT molecular complexity index is 896. The van der Waals surface area contributed by atoms with Gasteiger partial charge in [0, 0.05) is 34.3 Å². The van der Waals surface area contributed by atoms with E-state index in [-0.39, 0.29) is 0 Å². The van der Waals surface area contributed by atoms with Crippen LogP contribution >= 0.6 is 22.7 Å². The molecule has 28 heavy (non-hydrogen) atoms. The Morgan fingerprint density at radius 3 is 2.50 bits per heavy atom. The summed E-state index contributed by atoms with van der Waals surface area (Å²) in [5.74, 6) is 0.738. The van der Waals surface area contributed by atoms with E-state index in [0.717, 1.165) is 36.6 Å². The van der Waals surface area contributed by atoms with Crippen LogP contribution in [0.15, 0.2) is 33.5 Å². The van der Waals surface area contributed by atoms with Crippen molar-refractivity contribution in [3.63, 3.8) is 0 Å². The molecule has 0 aliphatic carbocycles. The molecule has 1 aliphatic heterocycles. The molecule has 6 nitrogen and oxygen atoms in total. The van der Waals surface area contributed by atoms with Crippen molar-refractivity contribution in [1.29, 1.82) is 0 Å². The maximum absolute atomic E-state index is 12.8. The van der Waals surface area contributed by atoms with Crippen molar-refractivity contribution in [2.75, 3.05) is 19.6 Å². The quantitative estimate of drug-likeness (QED) is 0.510. The van der Waals surface area contributed by atoms with Crippen LogP contribution in [0.25, 0.3) is 0 Å². The lowest BCUT2D eigenvalue weighted by Gasteiger charge is -2.25. The lowest BCUT2D eigenvalue weighted by atomic mass is 10.2. The number of piperidine rings is 1. The maximum atomic E-state index is 12.8. The zero-order valence-electron chi connectivity index (χ0n) is 16.4. The van der Waals surface area contributed by atoms with Gasteiger partial charge in [-0.05, 0) is 51.0 Å². The first-order valence-electron chi connectivity index (χ1n) is 9.65. The topological polar surface area (TPSA) is 73.8 Å². The molecule has 0 amide bonds. The predicted molar refractivity (Wildman–Crippen MR) is 118 cm³/mol. The van der Waals surface area contributed by atoms with Gasteiger partial charge in [0.15, 0.2) is 5.96 Å². The summed E-state index contributed by atoms with van der Waals surface area (Å²) in [4.78, 5) is 8.11. The number of sulfonamides is 1. The number of hydrogen-bond donors (Lipinski definition) is 2. The molecule has 2 N–H and O–H groups in total. The van der Waals surface area contributed by atoms with Crippen LogP contribution in [-0.4, -0.2) is 38.3 Å². The molecule has 1 aliphatic rings. The molecule has 0 aromatic carbocycles. The molecule has 9 heteroatoms. The monoisotopic (exact) mass is 440 g/mol. The first kappa shape index (κ1) is 21.3. The summed E-state index contributed by atoms with van der Waals surface area (Å²) in [6.07, 6.45) is 3.01. The first-order valence-corrected chi connectivity index (χ1v) is 12.7. The van der Waals surface area contributed by atoms with Gasteiger partial charge in [-0.3, -0.25) is 0 Å². The Labute approximate surface area is 175 Å². The minimum Gasteiger partial charge on any atom is -0.357 e. The highest BCUT2D eigenvalue weighted by Gasteiger charge is 2.27. The van der Waals surface area contributed by atoms with Crippen LogP contribution in [0.5, 0.6) is 0 Å². The van der Waals surface area contributed by atoms with Crippen LogP contribution in [0.1, 0.15) is 40.8 Å². The fourth-order valence-corrected chi connectivity index (χ4v) is 6.85. The van der Waals surface area contributed by atoms with E-state index in [0.29, 0.717) is 30.4 Å². The van der Waals surface area contributed by atoms with Crippen molar-refractivity contribution in [3.05, 3.63) is 38.9 Å². The Balaban J connectivity index is 1.61. The van der Waals surface area contributed by atoms with Crippen LogP contribution in [-0.2, 0) is 23.1 Å². The molecular formula is C19H28N4O2S3. The Morgan fingerprint density at radius 1 is 1.07 bits per heavy atom. The van der Waals surface area contributed by atoms with Gasteiger partial charge in [-0.15, -0.1) is 22.7 Å². The van der Waals surface area contributed by atoms with E-state index in [1.165, 1.54) is 21.1 Å². The summed E-state index contributed by atoms with van der Waals surface area (Å²) < 4.78 is 27.6. The Morgan fingerprint density at radius 2 is 1.82 bits per heavy atom. The smallest absolute Gasteiger partial charge is 0.252 e. The number of nitrogens with zero attached hydrogens (tertiary/aromatic N) is 2. The molecule has 0 radical (unpaired) electrons. The standard InChI is InChI=1S/C19H28N4O2S3/c1-3-20-19(21-13-16-8-7-15(2)26-16)22-14-17-9-10-18(27-17)28(24,25)23-11-5-4-6-12-23/h7-10H,3-6,11-14H2,1-2H3,(H2,20,21,22). The summed E-state index contributed by atoms with van der Waals surface area (Å²) in [6.45, 7) is 7.34. The molecule has 0 unspecified atom stereocenters. The van der Waals surface area contributed by atoms with Crippen molar-refractivity contribution < 1.29 is 8.42 Å². The van der Waals surface area contributed by atoms with Gasteiger partial charge in [-0.25, -0.2) is 13.4 Å². The number of thiophene rings is 2. The highest BCUT2D eigenvalue weighted by atomic mass is 32.2. The van der Waals surface area contributed by atoms with E-state index < -0.39 is 10.0 Å². The predicted octanol–water partition coefficient (Wildman–Crippen LogP) is 3.55. The van der Waals surface area contributed by atoms with E-state index in [9.17, 15) is 8.42 Å². The van der Waals surface area contributed by atoms with Crippen molar-refractivity contribution in [2.24, 2.45) is 4.99 Å². The van der Waals surface area contributed by atoms with E-state index >= 15 is 0 Å². The van der Waals surface area contributed by atoms with Crippen LogP contribution in [0.3, 0.4) is 0 Å². The van der Waals surface area contributed by atoms with Crippen molar-refractivity contribution in [2.45, 2.75) is 50.4 Å². The SMILES string of the molecule is CCNC(=NCc1ccc(C)s1)NCc1ccc(S(=O)(=O)N2CCCCC2)s1. The molecule has 0 saturated carbocycles. The fourth-order valence-electron chi connectivity index (χ4n) is 3.06. The average molecular weight is 441 g/mol. The summed E-state index contributed by atoms with van der Waals surface area (Å²) in [7, 11) is -3.35. The normalized spacial score (nSPS) is 16.3. The van der Waals surface area contributed by atoms with Gasteiger partial charge < -0.3 is 10.6 Å². The van der Waals surface area contributed by atoms with Gasteiger partial charge in [0.05, 0.1) is 13.1 Å². The summed E-state index contributed by atoms with van der Waals surface area (Å²) in [6, 6.07) is 7.82. The van der Waals surface area contributed by atoms with E-state index in [1.54, 1.807) is 21.7 Å². The van der Waals surface area contributed by atoms with Gasteiger partial charge in [0.25, 0.3) is 10.0 Å². The molecule has 154 valence electrons. The molecule has 2 aromatic rings. The van der Waals surface area contributed by atoms with Gasteiger partial charge in [0.2, 0.25) is 0 Å². The second-order valence-electron chi connectivity index (χ2n) is 6.75. The lowest BCUT2D eigenvalue weighted by Crippen LogP contribution is -2.36. The third-order valence-corrected chi connectivity index (χ3v) is 8.95. The second-order valence-corrected chi connectivity index (χ2v) is 11.5.